The Hall–Kier alpha value is -1.92. The predicted molar refractivity (Wildman–Crippen MR) is 137 cm³/mol. The van der Waals surface area contributed by atoms with Crippen LogP contribution in [0.3, 0.4) is 0 Å². The molecule has 1 atom stereocenters. The van der Waals surface area contributed by atoms with Crippen LogP contribution in [0.1, 0.15) is 92.1 Å². The van der Waals surface area contributed by atoms with Gasteiger partial charge in [-0.05, 0) is 58.2 Å². The van der Waals surface area contributed by atoms with Crippen molar-refractivity contribution in [2.75, 3.05) is 26.4 Å². The van der Waals surface area contributed by atoms with Crippen molar-refractivity contribution in [3.8, 4) is 5.75 Å². The van der Waals surface area contributed by atoms with Gasteiger partial charge in [0, 0.05) is 20.1 Å². The SMILES string of the molecule is CCCCCCCCCc1ccc(OC(C)O/C(OCC)=C(\OCC)C(OCC)OCC)cc1. The number of unbranched alkanes of at least 4 members (excludes halogenated alkanes) is 6. The van der Waals surface area contributed by atoms with Crippen LogP contribution < -0.4 is 4.74 Å². The van der Waals surface area contributed by atoms with Crippen molar-refractivity contribution in [3.05, 3.63) is 41.5 Å². The summed E-state index contributed by atoms with van der Waals surface area (Å²) in [6, 6.07) is 8.24. The first kappa shape index (κ1) is 30.1. The summed E-state index contributed by atoms with van der Waals surface area (Å²) >= 11 is 0. The summed E-state index contributed by atoms with van der Waals surface area (Å²) < 4.78 is 34.9. The van der Waals surface area contributed by atoms with E-state index < -0.39 is 12.6 Å². The molecule has 0 aliphatic rings. The molecule has 0 heterocycles. The Kier molecular flexibility index (Phi) is 17.2. The first-order chi connectivity index (χ1) is 16.6. The van der Waals surface area contributed by atoms with E-state index in [4.69, 9.17) is 28.4 Å². The summed E-state index contributed by atoms with van der Waals surface area (Å²) in [7, 11) is 0. The molecule has 196 valence electrons. The molecular formula is C28H48O6. The maximum Gasteiger partial charge on any atom is 0.327 e. The molecule has 0 radical (unpaired) electrons. The third-order valence-corrected chi connectivity index (χ3v) is 5.19. The number of ether oxygens (including phenoxy) is 6. The Labute approximate surface area is 207 Å². The lowest BCUT2D eigenvalue weighted by Gasteiger charge is -2.24. The van der Waals surface area contributed by atoms with E-state index in [1.165, 1.54) is 50.5 Å². The first-order valence-corrected chi connectivity index (χ1v) is 13.2. The standard InChI is InChI=1S/C28H48O6/c1-7-12-13-14-15-16-17-18-24-19-21-25(22-20-24)33-23(6)34-28(32-11-5)26(29-8-2)27(30-9-3)31-10-4/h19-23,27H,7-18H2,1-6H3/b28-26-. The average Bonchev–Trinajstić information content (AvgIpc) is 2.83. The largest absolute Gasteiger partial charge is 0.487 e. The van der Waals surface area contributed by atoms with Crippen molar-refractivity contribution >= 4 is 0 Å². The lowest BCUT2D eigenvalue weighted by Crippen LogP contribution is -2.27. The van der Waals surface area contributed by atoms with Crippen LogP contribution in [0.5, 0.6) is 5.75 Å². The number of hydrogen-bond donors (Lipinski definition) is 0. The Morgan fingerprint density at radius 3 is 1.85 bits per heavy atom. The Morgan fingerprint density at radius 1 is 0.706 bits per heavy atom. The second-order valence-corrected chi connectivity index (χ2v) is 8.08. The summed E-state index contributed by atoms with van der Waals surface area (Å²) in [6.07, 6.45) is 9.07. The van der Waals surface area contributed by atoms with Gasteiger partial charge in [0.25, 0.3) is 0 Å². The lowest BCUT2D eigenvalue weighted by molar-refractivity contribution is -0.156. The summed E-state index contributed by atoms with van der Waals surface area (Å²) in [6.45, 7) is 13.5. The van der Waals surface area contributed by atoms with E-state index in [2.05, 4.69) is 19.1 Å². The van der Waals surface area contributed by atoms with E-state index in [0.717, 1.165) is 12.2 Å². The molecule has 0 spiro atoms. The lowest BCUT2D eigenvalue weighted by atomic mass is 10.0. The van der Waals surface area contributed by atoms with Gasteiger partial charge in [-0.15, -0.1) is 0 Å². The van der Waals surface area contributed by atoms with Gasteiger partial charge >= 0.3 is 5.95 Å². The van der Waals surface area contributed by atoms with Crippen LogP contribution in [0.15, 0.2) is 36.0 Å². The molecule has 6 heteroatoms. The summed E-state index contributed by atoms with van der Waals surface area (Å²) in [5.74, 6) is 1.35. The van der Waals surface area contributed by atoms with Gasteiger partial charge in [0.05, 0.1) is 13.2 Å². The molecule has 0 N–H and O–H groups in total. The van der Waals surface area contributed by atoms with Gasteiger partial charge in [-0.1, -0.05) is 57.6 Å². The number of rotatable bonds is 21. The van der Waals surface area contributed by atoms with Crippen LogP contribution in [0.25, 0.3) is 0 Å². The van der Waals surface area contributed by atoms with Crippen LogP contribution in [-0.4, -0.2) is 39.0 Å². The van der Waals surface area contributed by atoms with Gasteiger partial charge in [0.15, 0.2) is 0 Å². The zero-order valence-electron chi connectivity index (χ0n) is 22.4. The van der Waals surface area contributed by atoms with Gasteiger partial charge in [-0.25, -0.2) is 0 Å². The molecule has 1 unspecified atom stereocenters. The molecule has 1 rings (SSSR count). The van der Waals surface area contributed by atoms with Crippen molar-refractivity contribution in [1.82, 2.24) is 0 Å². The Morgan fingerprint density at radius 2 is 1.29 bits per heavy atom. The highest BCUT2D eigenvalue weighted by Crippen LogP contribution is 2.22. The van der Waals surface area contributed by atoms with Crippen LogP contribution >= 0.6 is 0 Å². The van der Waals surface area contributed by atoms with Crippen LogP contribution in [0, 0.1) is 0 Å². The second-order valence-electron chi connectivity index (χ2n) is 8.08. The van der Waals surface area contributed by atoms with E-state index in [1.807, 2.05) is 46.8 Å². The van der Waals surface area contributed by atoms with E-state index in [9.17, 15) is 0 Å². The van der Waals surface area contributed by atoms with Crippen LogP contribution in [0.2, 0.25) is 0 Å². The summed E-state index contributed by atoms with van der Waals surface area (Å²) in [5, 5.41) is 0. The van der Waals surface area contributed by atoms with E-state index in [-0.39, 0.29) is 5.95 Å². The maximum absolute atomic E-state index is 5.98. The number of benzene rings is 1. The zero-order chi connectivity index (χ0) is 25.0. The molecule has 0 amide bonds. The van der Waals surface area contributed by atoms with Gasteiger partial charge in [0.1, 0.15) is 5.75 Å². The van der Waals surface area contributed by atoms with Gasteiger partial charge < -0.3 is 28.4 Å². The highest BCUT2D eigenvalue weighted by Gasteiger charge is 2.26. The van der Waals surface area contributed by atoms with Crippen molar-refractivity contribution in [2.24, 2.45) is 0 Å². The average molecular weight is 481 g/mol. The first-order valence-electron chi connectivity index (χ1n) is 13.2. The smallest absolute Gasteiger partial charge is 0.327 e. The van der Waals surface area contributed by atoms with Crippen LogP contribution in [-0.2, 0) is 30.1 Å². The van der Waals surface area contributed by atoms with Gasteiger partial charge in [0.2, 0.25) is 18.3 Å². The van der Waals surface area contributed by atoms with Crippen molar-refractivity contribution < 1.29 is 28.4 Å². The molecule has 1 aromatic carbocycles. The Balaban J connectivity index is 2.67. The molecular weight excluding hydrogens is 432 g/mol. The highest BCUT2D eigenvalue weighted by molar-refractivity contribution is 5.27. The molecule has 0 aromatic heterocycles. The fraction of sp³-hybridized carbons (Fsp3) is 0.714. The topological polar surface area (TPSA) is 55.4 Å². The minimum atomic E-state index is -0.699. The zero-order valence-corrected chi connectivity index (χ0v) is 22.4. The minimum Gasteiger partial charge on any atom is -0.487 e. The third kappa shape index (κ3) is 12.5. The monoisotopic (exact) mass is 480 g/mol. The Bertz CT molecular complexity index is 637. The molecule has 0 fully saturated rings. The molecule has 6 nitrogen and oxygen atoms in total. The molecule has 1 aromatic rings. The molecule has 0 bridgehead atoms. The second kappa shape index (κ2) is 19.4. The normalized spacial score (nSPS) is 12.9. The van der Waals surface area contributed by atoms with Gasteiger partial charge in [-0.2, -0.15) is 0 Å². The number of hydrogen-bond acceptors (Lipinski definition) is 6. The van der Waals surface area contributed by atoms with Crippen LogP contribution in [0.4, 0.5) is 0 Å². The van der Waals surface area contributed by atoms with Crippen molar-refractivity contribution in [3.63, 3.8) is 0 Å². The van der Waals surface area contributed by atoms with Gasteiger partial charge in [-0.3, -0.25) is 0 Å². The number of aryl methyl sites for hydroxylation is 1. The maximum atomic E-state index is 5.98. The molecule has 0 aliphatic carbocycles. The summed E-state index contributed by atoms with van der Waals surface area (Å²) in [5.41, 5.74) is 1.33. The fourth-order valence-corrected chi connectivity index (χ4v) is 3.56. The van der Waals surface area contributed by atoms with Crippen molar-refractivity contribution in [2.45, 2.75) is 105 Å². The highest BCUT2D eigenvalue weighted by atomic mass is 16.8. The molecule has 0 saturated heterocycles. The van der Waals surface area contributed by atoms with E-state index >= 15 is 0 Å². The van der Waals surface area contributed by atoms with E-state index in [0.29, 0.717) is 32.2 Å². The predicted octanol–water partition coefficient (Wildman–Crippen LogP) is 7.36. The summed E-state index contributed by atoms with van der Waals surface area (Å²) in [4.78, 5) is 0. The molecule has 0 aliphatic heterocycles. The third-order valence-electron chi connectivity index (χ3n) is 5.19. The van der Waals surface area contributed by atoms with Crippen molar-refractivity contribution in [1.29, 1.82) is 0 Å². The molecule has 0 saturated carbocycles. The molecule has 34 heavy (non-hydrogen) atoms. The quantitative estimate of drug-likeness (QED) is 0.104. The fourth-order valence-electron chi connectivity index (χ4n) is 3.56. The minimum absolute atomic E-state index is 0.222. The van der Waals surface area contributed by atoms with E-state index in [1.54, 1.807) is 0 Å².